The maximum atomic E-state index is 14.9. The molecule has 1 aromatic carbocycles. The van der Waals surface area contributed by atoms with Crippen LogP contribution in [-0.4, -0.2) is 59.2 Å². The summed E-state index contributed by atoms with van der Waals surface area (Å²) in [5.74, 6) is -0.405. The second-order valence-corrected chi connectivity index (χ2v) is 7.60. The standard InChI is InChI=1S/C20H23FN8O3/c21-18-9-16(29-12-17(32-20(29)31)11-28-8-5-24-26-28)1-2-19(18)27-6-3-14(4-7-27)23-10-15(13-30)25-22/h1-2,5,8-10,13-14,17,22-23H,3-4,6-7,11-12H2/b15-10-,25-22?/t17-/m0/s1. The van der Waals surface area contributed by atoms with E-state index in [-0.39, 0.29) is 11.7 Å². The lowest BCUT2D eigenvalue weighted by molar-refractivity contribution is -0.105. The summed E-state index contributed by atoms with van der Waals surface area (Å²) in [5.41, 5.74) is 7.83. The number of nitrogens with one attached hydrogen (secondary N) is 2. The first-order chi connectivity index (χ1) is 15.6. The fourth-order valence-electron chi connectivity index (χ4n) is 3.87. The second-order valence-electron chi connectivity index (χ2n) is 7.60. The molecular formula is C20H23FN8O3. The van der Waals surface area contributed by atoms with Gasteiger partial charge in [0.1, 0.15) is 17.6 Å². The molecule has 1 amide bonds. The lowest BCUT2D eigenvalue weighted by Gasteiger charge is -2.34. The quantitative estimate of drug-likeness (QED) is 0.364. The molecule has 0 bridgehead atoms. The minimum Gasteiger partial charge on any atom is -0.442 e. The molecule has 0 spiro atoms. The zero-order valence-electron chi connectivity index (χ0n) is 17.2. The molecule has 2 aliphatic rings. The van der Waals surface area contributed by atoms with Crippen LogP contribution in [0.1, 0.15) is 12.8 Å². The average molecular weight is 442 g/mol. The smallest absolute Gasteiger partial charge is 0.414 e. The molecule has 2 aliphatic heterocycles. The van der Waals surface area contributed by atoms with Gasteiger partial charge in [-0.15, -0.1) is 5.10 Å². The molecule has 2 N–H and O–H groups in total. The molecule has 2 saturated heterocycles. The third kappa shape index (κ3) is 4.74. The number of nitrogens with zero attached hydrogens (tertiary/aromatic N) is 6. The minimum atomic E-state index is -0.517. The SMILES string of the molecule is N=N/C(C=O)=C\NC1CCN(c2ccc(N3C[C@H](Cn4ccnn4)OC3=O)cc2F)CC1. The summed E-state index contributed by atoms with van der Waals surface area (Å²) in [7, 11) is 0. The van der Waals surface area contributed by atoms with Crippen molar-refractivity contribution >= 4 is 23.8 Å². The number of carbonyl (C=O) groups is 2. The number of ether oxygens (including phenoxy) is 1. The van der Waals surface area contributed by atoms with Gasteiger partial charge in [0, 0.05) is 31.5 Å². The van der Waals surface area contributed by atoms with Gasteiger partial charge in [0.2, 0.25) is 0 Å². The first kappa shape index (κ1) is 21.4. The van der Waals surface area contributed by atoms with Crippen LogP contribution in [0, 0.1) is 11.3 Å². The maximum Gasteiger partial charge on any atom is 0.414 e. The van der Waals surface area contributed by atoms with Crippen LogP contribution in [0.3, 0.4) is 0 Å². The van der Waals surface area contributed by atoms with Crippen molar-refractivity contribution in [1.82, 2.24) is 20.3 Å². The van der Waals surface area contributed by atoms with Gasteiger partial charge in [0.15, 0.2) is 6.29 Å². The Morgan fingerprint density at radius 1 is 1.38 bits per heavy atom. The zero-order chi connectivity index (χ0) is 22.5. The third-order valence-electron chi connectivity index (χ3n) is 5.53. The highest BCUT2D eigenvalue weighted by Gasteiger charge is 2.33. The third-order valence-corrected chi connectivity index (χ3v) is 5.53. The minimum absolute atomic E-state index is 0.0260. The van der Waals surface area contributed by atoms with Gasteiger partial charge in [-0.25, -0.2) is 19.4 Å². The van der Waals surface area contributed by atoms with Crippen LogP contribution in [0.4, 0.5) is 20.6 Å². The summed E-state index contributed by atoms with van der Waals surface area (Å²) in [6, 6.07) is 4.87. The number of aromatic nitrogens is 3. The van der Waals surface area contributed by atoms with Crippen molar-refractivity contribution in [2.45, 2.75) is 31.5 Å². The molecule has 12 heteroatoms. The average Bonchev–Trinajstić information content (AvgIpc) is 3.44. The number of piperidine rings is 1. The monoisotopic (exact) mass is 442 g/mol. The van der Waals surface area contributed by atoms with Crippen LogP contribution < -0.4 is 15.1 Å². The number of allylic oxidation sites excluding steroid dienone is 1. The number of cyclic esters (lactones) is 1. The van der Waals surface area contributed by atoms with Crippen LogP contribution in [0.25, 0.3) is 0 Å². The van der Waals surface area contributed by atoms with Crippen molar-refractivity contribution in [1.29, 1.82) is 5.53 Å². The lowest BCUT2D eigenvalue weighted by Crippen LogP contribution is -2.41. The van der Waals surface area contributed by atoms with Crippen molar-refractivity contribution < 1.29 is 18.7 Å². The Kier molecular flexibility index (Phi) is 6.38. The van der Waals surface area contributed by atoms with E-state index in [2.05, 4.69) is 20.7 Å². The van der Waals surface area contributed by atoms with E-state index in [0.717, 1.165) is 12.8 Å². The number of halogens is 1. The predicted octanol–water partition coefficient (Wildman–Crippen LogP) is 2.07. The molecule has 0 radical (unpaired) electrons. The molecular weight excluding hydrogens is 419 g/mol. The van der Waals surface area contributed by atoms with Gasteiger partial charge in [0.05, 0.1) is 30.7 Å². The summed E-state index contributed by atoms with van der Waals surface area (Å²) in [5, 5.41) is 13.8. The first-order valence-corrected chi connectivity index (χ1v) is 10.2. The van der Waals surface area contributed by atoms with Crippen LogP contribution in [-0.2, 0) is 16.1 Å². The van der Waals surface area contributed by atoms with Gasteiger partial charge in [-0.1, -0.05) is 5.21 Å². The maximum absolute atomic E-state index is 14.9. The number of benzene rings is 1. The van der Waals surface area contributed by atoms with Crippen molar-refractivity contribution in [2.24, 2.45) is 5.11 Å². The molecule has 1 atom stereocenters. The first-order valence-electron chi connectivity index (χ1n) is 10.2. The summed E-state index contributed by atoms with van der Waals surface area (Å²) in [6.45, 7) is 1.94. The lowest BCUT2D eigenvalue weighted by atomic mass is 10.0. The molecule has 0 aliphatic carbocycles. The number of anilines is 2. The van der Waals surface area contributed by atoms with Crippen molar-refractivity contribution in [3.05, 3.63) is 48.3 Å². The second kappa shape index (κ2) is 9.54. The summed E-state index contributed by atoms with van der Waals surface area (Å²) >= 11 is 0. The number of amides is 1. The van der Waals surface area contributed by atoms with Gasteiger partial charge in [-0.05, 0) is 31.0 Å². The van der Waals surface area contributed by atoms with Crippen molar-refractivity contribution in [3.8, 4) is 0 Å². The van der Waals surface area contributed by atoms with Crippen LogP contribution >= 0.6 is 0 Å². The van der Waals surface area contributed by atoms with E-state index in [1.807, 2.05) is 4.90 Å². The Hall–Kier alpha value is -3.83. The Morgan fingerprint density at radius 2 is 2.19 bits per heavy atom. The van der Waals surface area contributed by atoms with E-state index in [0.29, 0.717) is 43.8 Å². The normalized spacial score (nSPS) is 19.7. The molecule has 2 aromatic rings. The van der Waals surface area contributed by atoms with Crippen molar-refractivity contribution in [3.63, 3.8) is 0 Å². The van der Waals surface area contributed by atoms with E-state index in [4.69, 9.17) is 10.3 Å². The fraction of sp³-hybridized carbons (Fsp3) is 0.400. The molecule has 2 fully saturated rings. The Morgan fingerprint density at radius 3 is 2.84 bits per heavy atom. The highest BCUT2D eigenvalue weighted by molar-refractivity contribution is 5.90. The fourth-order valence-corrected chi connectivity index (χ4v) is 3.87. The largest absolute Gasteiger partial charge is 0.442 e. The summed E-state index contributed by atoms with van der Waals surface area (Å²) < 4.78 is 21.9. The van der Waals surface area contributed by atoms with Crippen molar-refractivity contribution in [2.75, 3.05) is 29.4 Å². The molecule has 1 aromatic heterocycles. The highest BCUT2D eigenvalue weighted by Crippen LogP contribution is 2.29. The van der Waals surface area contributed by atoms with Gasteiger partial charge >= 0.3 is 6.09 Å². The molecule has 0 saturated carbocycles. The molecule has 4 rings (SSSR count). The van der Waals surface area contributed by atoms with E-state index in [1.54, 1.807) is 29.2 Å². The van der Waals surface area contributed by atoms with Gasteiger partial charge < -0.3 is 15.0 Å². The number of carbonyl (C=O) groups excluding carboxylic acids is 2. The Balaban J connectivity index is 1.35. The topological polar surface area (TPSA) is 129 Å². The van der Waals surface area contributed by atoms with E-state index < -0.39 is 18.0 Å². The zero-order valence-corrected chi connectivity index (χ0v) is 17.2. The van der Waals surface area contributed by atoms with E-state index >= 15 is 0 Å². The Bertz CT molecular complexity index is 994. The number of aldehydes is 1. The summed E-state index contributed by atoms with van der Waals surface area (Å²) in [4.78, 5) is 26.3. The van der Waals surface area contributed by atoms with Crippen LogP contribution in [0.15, 0.2) is 47.6 Å². The number of hydrogen-bond donors (Lipinski definition) is 2. The highest BCUT2D eigenvalue weighted by atomic mass is 19.1. The molecule has 11 nitrogen and oxygen atoms in total. The summed E-state index contributed by atoms with van der Waals surface area (Å²) in [6.07, 6.45) is 5.75. The molecule has 32 heavy (non-hydrogen) atoms. The number of hydrogen-bond acceptors (Lipinski definition) is 9. The van der Waals surface area contributed by atoms with Crippen LogP contribution in [0.2, 0.25) is 0 Å². The Labute approximate surface area is 183 Å². The molecule has 3 heterocycles. The van der Waals surface area contributed by atoms with Gasteiger partial charge in [0.25, 0.3) is 0 Å². The van der Waals surface area contributed by atoms with Crippen LogP contribution in [0.5, 0.6) is 0 Å². The molecule has 0 unspecified atom stereocenters. The molecule has 168 valence electrons. The van der Waals surface area contributed by atoms with Gasteiger partial charge in [-0.2, -0.15) is 5.11 Å². The van der Waals surface area contributed by atoms with E-state index in [9.17, 15) is 14.0 Å². The predicted molar refractivity (Wildman–Crippen MR) is 112 cm³/mol. The van der Waals surface area contributed by atoms with E-state index in [1.165, 1.54) is 17.2 Å². The number of rotatable bonds is 8. The van der Waals surface area contributed by atoms with Gasteiger partial charge in [-0.3, -0.25) is 9.69 Å².